The molecule has 0 bridgehead atoms. The minimum atomic E-state index is 0.564. The molecule has 3 heteroatoms. The summed E-state index contributed by atoms with van der Waals surface area (Å²) >= 11 is 0. The molecule has 0 aromatic carbocycles. The second-order valence-electron chi connectivity index (χ2n) is 3.97. The van der Waals surface area contributed by atoms with Crippen LogP contribution in [0.4, 0.5) is 0 Å². The standard InChI is InChI=1S/C11H24N2O/c1-3-13(4-2)11(9-12)10-5-7-14-8-6-10/h10-11H,3-9,12H2,1-2H3. The van der Waals surface area contributed by atoms with E-state index in [-0.39, 0.29) is 0 Å². The van der Waals surface area contributed by atoms with Crippen molar-refractivity contribution in [1.29, 1.82) is 0 Å². The van der Waals surface area contributed by atoms with Crippen molar-refractivity contribution < 1.29 is 4.74 Å². The van der Waals surface area contributed by atoms with Crippen LogP contribution in [0.25, 0.3) is 0 Å². The Hall–Kier alpha value is -0.120. The van der Waals surface area contributed by atoms with Crippen molar-refractivity contribution in [2.24, 2.45) is 11.7 Å². The van der Waals surface area contributed by atoms with Gasteiger partial charge in [-0.3, -0.25) is 4.90 Å². The molecule has 14 heavy (non-hydrogen) atoms. The zero-order valence-electron chi connectivity index (χ0n) is 9.54. The number of likely N-dealkylation sites (N-methyl/N-ethyl adjacent to an activating group) is 1. The quantitative estimate of drug-likeness (QED) is 0.722. The summed E-state index contributed by atoms with van der Waals surface area (Å²) in [5.41, 5.74) is 5.87. The molecule has 84 valence electrons. The van der Waals surface area contributed by atoms with E-state index in [1.165, 1.54) is 12.8 Å². The highest BCUT2D eigenvalue weighted by Gasteiger charge is 2.26. The first-order valence-electron chi connectivity index (χ1n) is 5.85. The zero-order valence-corrected chi connectivity index (χ0v) is 9.54. The van der Waals surface area contributed by atoms with Crippen LogP contribution in [0.2, 0.25) is 0 Å². The predicted molar refractivity (Wildman–Crippen MR) is 59.3 cm³/mol. The maximum Gasteiger partial charge on any atom is 0.0469 e. The van der Waals surface area contributed by atoms with Crippen molar-refractivity contribution >= 4 is 0 Å². The second-order valence-corrected chi connectivity index (χ2v) is 3.97. The number of hydrogen-bond donors (Lipinski definition) is 1. The highest BCUT2D eigenvalue weighted by Crippen LogP contribution is 2.22. The third kappa shape index (κ3) is 2.94. The third-order valence-corrected chi connectivity index (χ3v) is 3.33. The molecule has 0 amide bonds. The Labute approximate surface area is 87.6 Å². The Morgan fingerprint density at radius 1 is 1.29 bits per heavy atom. The third-order valence-electron chi connectivity index (χ3n) is 3.33. The molecule has 3 nitrogen and oxygen atoms in total. The average molecular weight is 200 g/mol. The van der Waals surface area contributed by atoms with Gasteiger partial charge in [0.2, 0.25) is 0 Å². The maximum atomic E-state index is 5.87. The monoisotopic (exact) mass is 200 g/mol. The minimum absolute atomic E-state index is 0.564. The van der Waals surface area contributed by atoms with E-state index < -0.39 is 0 Å². The van der Waals surface area contributed by atoms with Crippen LogP contribution >= 0.6 is 0 Å². The molecule has 0 radical (unpaired) electrons. The fourth-order valence-electron chi connectivity index (χ4n) is 2.43. The Bertz CT molecular complexity index is 142. The van der Waals surface area contributed by atoms with E-state index in [0.29, 0.717) is 6.04 Å². The van der Waals surface area contributed by atoms with Gasteiger partial charge in [0.25, 0.3) is 0 Å². The molecule has 1 unspecified atom stereocenters. The van der Waals surface area contributed by atoms with Gasteiger partial charge in [-0.2, -0.15) is 0 Å². The molecule has 2 N–H and O–H groups in total. The van der Waals surface area contributed by atoms with Gasteiger partial charge in [-0.15, -0.1) is 0 Å². The van der Waals surface area contributed by atoms with E-state index in [1.807, 2.05) is 0 Å². The molecule has 1 aliphatic rings. The van der Waals surface area contributed by atoms with E-state index in [1.54, 1.807) is 0 Å². The van der Waals surface area contributed by atoms with Crippen LogP contribution in [0.3, 0.4) is 0 Å². The lowest BCUT2D eigenvalue weighted by Crippen LogP contribution is -2.47. The molecule has 1 atom stereocenters. The predicted octanol–water partition coefficient (Wildman–Crippen LogP) is 1.08. The van der Waals surface area contributed by atoms with E-state index in [4.69, 9.17) is 10.5 Å². The number of ether oxygens (including phenoxy) is 1. The fraction of sp³-hybridized carbons (Fsp3) is 1.00. The van der Waals surface area contributed by atoms with Crippen molar-refractivity contribution in [2.45, 2.75) is 32.7 Å². The van der Waals surface area contributed by atoms with Crippen molar-refractivity contribution in [3.63, 3.8) is 0 Å². The Morgan fingerprint density at radius 3 is 2.29 bits per heavy atom. The summed E-state index contributed by atoms with van der Waals surface area (Å²) in [6, 6.07) is 0.564. The van der Waals surface area contributed by atoms with E-state index in [0.717, 1.165) is 38.8 Å². The van der Waals surface area contributed by atoms with Crippen LogP contribution in [0.15, 0.2) is 0 Å². The molecule has 1 saturated heterocycles. The minimum Gasteiger partial charge on any atom is -0.381 e. The molecule has 1 aliphatic heterocycles. The topological polar surface area (TPSA) is 38.5 Å². The molecule has 1 heterocycles. The maximum absolute atomic E-state index is 5.87. The lowest BCUT2D eigenvalue weighted by Gasteiger charge is -2.37. The average Bonchev–Trinajstić information content (AvgIpc) is 2.27. The van der Waals surface area contributed by atoms with Gasteiger partial charge in [-0.05, 0) is 31.8 Å². The molecule has 1 fully saturated rings. The van der Waals surface area contributed by atoms with Crippen molar-refractivity contribution in [1.82, 2.24) is 4.90 Å². The summed E-state index contributed by atoms with van der Waals surface area (Å²) in [6.45, 7) is 9.26. The summed E-state index contributed by atoms with van der Waals surface area (Å²) in [5.74, 6) is 0.744. The summed E-state index contributed by atoms with van der Waals surface area (Å²) < 4.78 is 5.38. The van der Waals surface area contributed by atoms with Gasteiger partial charge in [0.15, 0.2) is 0 Å². The van der Waals surface area contributed by atoms with Crippen LogP contribution in [0.5, 0.6) is 0 Å². The van der Waals surface area contributed by atoms with Gasteiger partial charge in [0.05, 0.1) is 0 Å². The molecular weight excluding hydrogens is 176 g/mol. The van der Waals surface area contributed by atoms with Crippen LogP contribution in [-0.4, -0.2) is 43.8 Å². The van der Waals surface area contributed by atoms with E-state index >= 15 is 0 Å². The van der Waals surface area contributed by atoms with E-state index in [2.05, 4.69) is 18.7 Å². The summed E-state index contributed by atoms with van der Waals surface area (Å²) in [7, 11) is 0. The number of rotatable bonds is 5. The summed E-state index contributed by atoms with van der Waals surface area (Å²) in [5, 5.41) is 0. The highest BCUT2D eigenvalue weighted by molar-refractivity contribution is 4.81. The number of nitrogens with zero attached hydrogens (tertiary/aromatic N) is 1. The molecule has 0 aromatic rings. The van der Waals surface area contributed by atoms with Gasteiger partial charge in [-0.25, -0.2) is 0 Å². The molecule has 1 rings (SSSR count). The Morgan fingerprint density at radius 2 is 1.86 bits per heavy atom. The number of hydrogen-bond acceptors (Lipinski definition) is 3. The SMILES string of the molecule is CCN(CC)C(CN)C1CCOCC1. The van der Waals surface area contributed by atoms with Crippen LogP contribution < -0.4 is 5.73 Å². The fourth-order valence-corrected chi connectivity index (χ4v) is 2.43. The van der Waals surface area contributed by atoms with Gasteiger partial charge >= 0.3 is 0 Å². The smallest absolute Gasteiger partial charge is 0.0469 e. The first kappa shape index (κ1) is 12.0. The number of nitrogens with two attached hydrogens (primary N) is 1. The second kappa shape index (κ2) is 6.38. The Kier molecular flexibility index (Phi) is 5.45. The molecule has 0 spiro atoms. The summed E-state index contributed by atoms with van der Waals surface area (Å²) in [4.78, 5) is 2.48. The van der Waals surface area contributed by atoms with Gasteiger partial charge in [0, 0.05) is 25.8 Å². The van der Waals surface area contributed by atoms with Gasteiger partial charge in [0.1, 0.15) is 0 Å². The first-order valence-corrected chi connectivity index (χ1v) is 5.85. The Balaban J connectivity index is 2.49. The van der Waals surface area contributed by atoms with Crippen molar-refractivity contribution in [3.05, 3.63) is 0 Å². The van der Waals surface area contributed by atoms with Gasteiger partial charge in [-0.1, -0.05) is 13.8 Å². The van der Waals surface area contributed by atoms with E-state index in [9.17, 15) is 0 Å². The lowest BCUT2D eigenvalue weighted by atomic mass is 9.90. The lowest BCUT2D eigenvalue weighted by molar-refractivity contribution is 0.0301. The van der Waals surface area contributed by atoms with Crippen LogP contribution in [-0.2, 0) is 4.74 Å². The normalized spacial score (nSPS) is 21.4. The molecule has 0 aromatic heterocycles. The van der Waals surface area contributed by atoms with Crippen LogP contribution in [0, 0.1) is 5.92 Å². The van der Waals surface area contributed by atoms with Gasteiger partial charge < -0.3 is 10.5 Å². The largest absolute Gasteiger partial charge is 0.381 e. The first-order chi connectivity index (χ1) is 6.83. The molecule has 0 saturated carbocycles. The summed E-state index contributed by atoms with van der Waals surface area (Å²) in [6.07, 6.45) is 2.36. The van der Waals surface area contributed by atoms with Crippen molar-refractivity contribution in [3.8, 4) is 0 Å². The molecule has 0 aliphatic carbocycles. The molecular formula is C11H24N2O. The zero-order chi connectivity index (χ0) is 10.4. The highest BCUT2D eigenvalue weighted by atomic mass is 16.5. The van der Waals surface area contributed by atoms with Crippen LogP contribution in [0.1, 0.15) is 26.7 Å². The van der Waals surface area contributed by atoms with Crippen molar-refractivity contribution in [2.75, 3.05) is 32.8 Å².